The van der Waals surface area contributed by atoms with Gasteiger partial charge in [-0.05, 0) is 32.0 Å². The van der Waals surface area contributed by atoms with Crippen LogP contribution in [-0.4, -0.2) is 35.5 Å². The first kappa shape index (κ1) is 16.6. The van der Waals surface area contributed by atoms with Gasteiger partial charge in [-0.2, -0.15) is 0 Å². The van der Waals surface area contributed by atoms with Crippen molar-refractivity contribution in [2.45, 2.75) is 20.4 Å². The molecule has 0 unspecified atom stereocenters. The quantitative estimate of drug-likeness (QED) is 0.886. The maximum atomic E-state index is 12.6. The van der Waals surface area contributed by atoms with Gasteiger partial charge in [0.15, 0.2) is 0 Å². The van der Waals surface area contributed by atoms with Crippen LogP contribution in [0, 0.1) is 6.92 Å². The third-order valence-electron chi connectivity index (χ3n) is 3.36. The van der Waals surface area contributed by atoms with E-state index in [1.807, 2.05) is 6.92 Å². The topological polar surface area (TPSA) is 80.0 Å². The van der Waals surface area contributed by atoms with Gasteiger partial charge < -0.3 is 19.2 Å². The second kappa shape index (κ2) is 7.00. The number of benzene rings is 1. The van der Waals surface area contributed by atoms with Crippen molar-refractivity contribution >= 4 is 11.9 Å². The third kappa shape index (κ3) is 3.71. The van der Waals surface area contributed by atoms with Crippen LogP contribution < -0.4 is 4.74 Å². The summed E-state index contributed by atoms with van der Waals surface area (Å²) in [6.07, 6.45) is 0. The summed E-state index contributed by atoms with van der Waals surface area (Å²) < 4.78 is 10.9. The Morgan fingerprint density at radius 3 is 2.57 bits per heavy atom. The molecular weight excluding hydrogens is 298 g/mol. The highest BCUT2D eigenvalue weighted by Crippen LogP contribution is 2.21. The van der Waals surface area contributed by atoms with Gasteiger partial charge in [-0.15, -0.1) is 0 Å². The Bertz CT molecular complexity index is 720. The zero-order chi connectivity index (χ0) is 17.0. The summed E-state index contributed by atoms with van der Waals surface area (Å²) in [7, 11) is 1.63. The van der Waals surface area contributed by atoms with E-state index in [4.69, 9.17) is 14.3 Å². The number of carbonyl (C=O) groups excluding carboxylic acids is 1. The molecule has 2 aromatic rings. The number of nitrogens with zero attached hydrogens (tertiary/aromatic N) is 1. The molecule has 122 valence electrons. The lowest BCUT2D eigenvalue weighted by atomic mass is 10.1. The minimum absolute atomic E-state index is 0.107. The molecule has 6 heteroatoms. The molecule has 0 bridgehead atoms. The van der Waals surface area contributed by atoms with E-state index in [0.717, 1.165) is 0 Å². The number of aryl methyl sites for hydroxylation is 1. The van der Waals surface area contributed by atoms with Crippen LogP contribution in [0.4, 0.5) is 0 Å². The fourth-order valence-corrected chi connectivity index (χ4v) is 2.27. The molecule has 0 radical (unpaired) electrons. The molecule has 0 atom stereocenters. The minimum Gasteiger partial charge on any atom is -0.493 e. The van der Waals surface area contributed by atoms with Gasteiger partial charge in [0.05, 0.1) is 18.7 Å². The first-order chi connectivity index (χ1) is 10.9. The highest BCUT2D eigenvalue weighted by atomic mass is 16.5. The molecule has 1 amide bonds. The summed E-state index contributed by atoms with van der Waals surface area (Å²) in [5, 5.41) is 9.04. The van der Waals surface area contributed by atoms with E-state index < -0.39 is 5.97 Å². The Kier molecular flexibility index (Phi) is 5.05. The molecule has 0 fully saturated rings. The predicted octanol–water partition coefficient (Wildman–Crippen LogP) is 2.96. The highest BCUT2D eigenvalue weighted by molar-refractivity contribution is 5.96. The van der Waals surface area contributed by atoms with Crippen LogP contribution in [0.25, 0.3) is 0 Å². The number of aromatic carboxylic acids is 1. The Labute approximate surface area is 134 Å². The molecular formula is C17H19NO5. The summed E-state index contributed by atoms with van der Waals surface area (Å²) in [5.41, 5.74) is 0.564. The normalized spacial score (nSPS) is 10.4. The second-order valence-corrected chi connectivity index (χ2v) is 5.08. The molecule has 0 aliphatic rings. The molecule has 0 aliphatic heterocycles. The van der Waals surface area contributed by atoms with Gasteiger partial charge in [-0.1, -0.05) is 12.1 Å². The summed E-state index contributed by atoms with van der Waals surface area (Å²) in [6, 6.07) is 8.44. The first-order valence-electron chi connectivity index (χ1n) is 7.24. The lowest BCUT2D eigenvalue weighted by Crippen LogP contribution is -2.26. The Hall–Kier alpha value is -2.76. The fourth-order valence-electron chi connectivity index (χ4n) is 2.27. The summed E-state index contributed by atoms with van der Waals surface area (Å²) >= 11 is 0. The lowest BCUT2D eigenvalue weighted by molar-refractivity contribution is 0.0694. The molecule has 0 saturated carbocycles. The van der Waals surface area contributed by atoms with E-state index in [-0.39, 0.29) is 18.0 Å². The Balaban J connectivity index is 2.17. The molecule has 6 nitrogen and oxygen atoms in total. The van der Waals surface area contributed by atoms with E-state index in [1.54, 1.807) is 38.2 Å². The molecule has 1 aromatic heterocycles. The number of carboxylic acids is 1. The van der Waals surface area contributed by atoms with Crippen molar-refractivity contribution in [3.05, 3.63) is 53.0 Å². The fraction of sp³-hybridized carbons (Fsp3) is 0.294. The number of carboxylic acid groups (broad SMARTS) is 1. The van der Waals surface area contributed by atoms with Crippen LogP contribution in [0.2, 0.25) is 0 Å². The van der Waals surface area contributed by atoms with Crippen molar-refractivity contribution in [3.63, 3.8) is 0 Å². The highest BCUT2D eigenvalue weighted by Gasteiger charge is 2.20. The van der Waals surface area contributed by atoms with Crippen LogP contribution in [0.3, 0.4) is 0 Å². The average molecular weight is 317 g/mol. The zero-order valence-corrected chi connectivity index (χ0v) is 13.3. The van der Waals surface area contributed by atoms with Crippen molar-refractivity contribution in [2.24, 2.45) is 0 Å². The van der Waals surface area contributed by atoms with Crippen molar-refractivity contribution < 1.29 is 23.8 Å². The molecule has 1 N–H and O–H groups in total. The number of para-hydroxylation sites is 1. The van der Waals surface area contributed by atoms with Crippen LogP contribution in [-0.2, 0) is 6.54 Å². The zero-order valence-electron chi connectivity index (χ0n) is 13.3. The SMILES string of the molecule is CCOc1ccccc1C(=O)N(C)Cc1cc(C(=O)O)c(C)o1. The molecule has 0 aliphatic carbocycles. The number of ether oxygens (including phenoxy) is 1. The lowest BCUT2D eigenvalue weighted by Gasteiger charge is -2.17. The molecule has 0 saturated heterocycles. The van der Waals surface area contributed by atoms with E-state index in [0.29, 0.717) is 29.4 Å². The smallest absolute Gasteiger partial charge is 0.339 e. The van der Waals surface area contributed by atoms with Gasteiger partial charge in [0.25, 0.3) is 5.91 Å². The third-order valence-corrected chi connectivity index (χ3v) is 3.36. The second-order valence-electron chi connectivity index (χ2n) is 5.08. The average Bonchev–Trinajstić information content (AvgIpc) is 2.88. The van der Waals surface area contributed by atoms with Gasteiger partial charge in [-0.3, -0.25) is 4.79 Å². The summed E-state index contributed by atoms with van der Waals surface area (Å²) in [5.74, 6) is -0.00504. The van der Waals surface area contributed by atoms with Gasteiger partial charge in [-0.25, -0.2) is 4.79 Å². The monoisotopic (exact) mass is 317 g/mol. The van der Waals surface area contributed by atoms with Gasteiger partial charge >= 0.3 is 5.97 Å². The van der Waals surface area contributed by atoms with Crippen LogP contribution in [0.5, 0.6) is 5.75 Å². The predicted molar refractivity (Wildman–Crippen MR) is 83.8 cm³/mol. The molecule has 2 rings (SSSR count). The minimum atomic E-state index is -1.05. The number of amides is 1. The van der Waals surface area contributed by atoms with Crippen molar-refractivity contribution in [2.75, 3.05) is 13.7 Å². The summed E-state index contributed by atoms with van der Waals surface area (Å²) in [6.45, 7) is 4.07. The standard InChI is InChI=1S/C17H19NO5/c1-4-22-15-8-6-5-7-13(15)16(19)18(3)10-12-9-14(17(20)21)11(2)23-12/h5-9H,4,10H2,1-3H3,(H,20,21). The van der Waals surface area contributed by atoms with E-state index in [2.05, 4.69) is 0 Å². The number of hydrogen-bond donors (Lipinski definition) is 1. The van der Waals surface area contributed by atoms with Gasteiger partial charge in [0, 0.05) is 7.05 Å². The Morgan fingerprint density at radius 1 is 1.26 bits per heavy atom. The van der Waals surface area contributed by atoms with E-state index >= 15 is 0 Å². The largest absolute Gasteiger partial charge is 0.493 e. The first-order valence-corrected chi connectivity index (χ1v) is 7.24. The van der Waals surface area contributed by atoms with Gasteiger partial charge in [0.1, 0.15) is 22.8 Å². The maximum absolute atomic E-state index is 12.6. The molecule has 0 spiro atoms. The van der Waals surface area contributed by atoms with Crippen molar-refractivity contribution in [3.8, 4) is 5.75 Å². The maximum Gasteiger partial charge on any atom is 0.339 e. The Morgan fingerprint density at radius 2 is 1.96 bits per heavy atom. The number of rotatable bonds is 6. The number of furan rings is 1. The van der Waals surface area contributed by atoms with Crippen molar-refractivity contribution in [1.82, 2.24) is 4.90 Å². The molecule has 1 aromatic carbocycles. The van der Waals surface area contributed by atoms with Gasteiger partial charge in [0.2, 0.25) is 0 Å². The number of hydrogen-bond acceptors (Lipinski definition) is 4. The van der Waals surface area contributed by atoms with E-state index in [1.165, 1.54) is 11.0 Å². The summed E-state index contributed by atoms with van der Waals surface area (Å²) in [4.78, 5) is 25.1. The van der Waals surface area contributed by atoms with Crippen molar-refractivity contribution in [1.29, 1.82) is 0 Å². The van der Waals surface area contributed by atoms with Crippen LogP contribution in [0.15, 0.2) is 34.7 Å². The molecule has 23 heavy (non-hydrogen) atoms. The number of carbonyl (C=O) groups is 2. The van der Waals surface area contributed by atoms with Crippen LogP contribution in [0.1, 0.15) is 39.2 Å². The molecule has 1 heterocycles. The van der Waals surface area contributed by atoms with Crippen LogP contribution >= 0.6 is 0 Å². The van der Waals surface area contributed by atoms with E-state index in [9.17, 15) is 9.59 Å².